The van der Waals surface area contributed by atoms with Gasteiger partial charge in [-0.25, -0.2) is 13.1 Å². The van der Waals surface area contributed by atoms with Crippen LogP contribution in [0.5, 0.6) is 0 Å². The zero-order chi connectivity index (χ0) is 15.7. The number of rotatable bonds is 6. The van der Waals surface area contributed by atoms with E-state index in [0.29, 0.717) is 0 Å². The Balaban J connectivity index is 2.27. The van der Waals surface area contributed by atoms with E-state index < -0.39 is 15.6 Å². The summed E-state index contributed by atoms with van der Waals surface area (Å²) in [4.78, 5) is 12.3. The molecule has 1 saturated carbocycles. The molecule has 0 heterocycles. The predicted molar refractivity (Wildman–Crippen MR) is 81.3 cm³/mol. The van der Waals surface area contributed by atoms with Crippen LogP contribution in [0.15, 0.2) is 29.2 Å². The minimum Gasteiger partial charge on any atom is -0.323 e. The Morgan fingerprint density at radius 3 is 2.57 bits per heavy atom. The number of hydrogen-bond acceptors (Lipinski definition) is 4. The van der Waals surface area contributed by atoms with Crippen molar-refractivity contribution in [2.75, 3.05) is 11.9 Å². The van der Waals surface area contributed by atoms with E-state index in [2.05, 4.69) is 10.0 Å². The minimum atomic E-state index is -3.64. The summed E-state index contributed by atoms with van der Waals surface area (Å²) in [5.41, 5.74) is 5.33. The standard InChI is InChI=1S/C14H21N3O3S/c1-3-16-21(19,20)12-7-5-4-6-11(12)17-13(18)14(2,15)10-8-9-10/h4-7,10,16H,3,8-9,15H2,1-2H3,(H,17,18). The van der Waals surface area contributed by atoms with Gasteiger partial charge >= 0.3 is 0 Å². The van der Waals surface area contributed by atoms with Gasteiger partial charge in [-0.2, -0.15) is 0 Å². The lowest BCUT2D eigenvalue weighted by atomic mass is 9.96. The number of sulfonamides is 1. The first-order valence-corrected chi connectivity index (χ1v) is 8.46. The topological polar surface area (TPSA) is 101 Å². The van der Waals surface area contributed by atoms with Gasteiger partial charge in [0.2, 0.25) is 15.9 Å². The molecular formula is C14H21N3O3S. The van der Waals surface area contributed by atoms with Gasteiger partial charge < -0.3 is 11.1 Å². The second-order valence-electron chi connectivity index (χ2n) is 5.51. The Hall–Kier alpha value is -1.44. The zero-order valence-electron chi connectivity index (χ0n) is 12.2. The Morgan fingerprint density at radius 1 is 1.38 bits per heavy atom. The van der Waals surface area contributed by atoms with E-state index in [1.807, 2.05) is 0 Å². The van der Waals surface area contributed by atoms with Crippen LogP contribution < -0.4 is 15.8 Å². The molecule has 4 N–H and O–H groups in total. The van der Waals surface area contributed by atoms with Gasteiger partial charge in [0.15, 0.2) is 0 Å². The fraction of sp³-hybridized carbons (Fsp3) is 0.500. The number of nitrogens with one attached hydrogen (secondary N) is 2. The van der Waals surface area contributed by atoms with Gasteiger partial charge in [-0.05, 0) is 37.8 Å². The molecule has 21 heavy (non-hydrogen) atoms. The van der Waals surface area contributed by atoms with Gasteiger partial charge in [-0.15, -0.1) is 0 Å². The van der Waals surface area contributed by atoms with Crippen LogP contribution in [-0.2, 0) is 14.8 Å². The van der Waals surface area contributed by atoms with Crippen molar-refractivity contribution in [3.63, 3.8) is 0 Å². The number of anilines is 1. The Kier molecular flexibility index (Phi) is 4.36. The van der Waals surface area contributed by atoms with Crippen molar-refractivity contribution >= 4 is 21.6 Å². The third-order valence-corrected chi connectivity index (χ3v) is 5.28. The lowest BCUT2D eigenvalue weighted by Gasteiger charge is -2.24. The number of hydrogen-bond donors (Lipinski definition) is 3. The van der Waals surface area contributed by atoms with Crippen molar-refractivity contribution in [3.8, 4) is 0 Å². The Labute approximate surface area is 125 Å². The molecular weight excluding hydrogens is 290 g/mol. The first kappa shape index (κ1) is 15.9. The molecule has 116 valence electrons. The maximum Gasteiger partial charge on any atom is 0.244 e. The van der Waals surface area contributed by atoms with Crippen LogP contribution >= 0.6 is 0 Å². The largest absolute Gasteiger partial charge is 0.323 e. The van der Waals surface area contributed by atoms with Crippen LogP contribution in [0.2, 0.25) is 0 Å². The lowest BCUT2D eigenvalue weighted by Crippen LogP contribution is -2.50. The minimum absolute atomic E-state index is 0.0480. The highest BCUT2D eigenvalue weighted by atomic mass is 32.2. The van der Waals surface area contributed by atoms with Crippen LogP contribution in [0.1, 0.15) is 26.7 Å². The van der Waals surface area contributed by atoms with Gasteiger partial charge in [-0.1, -0.05) is 19.1 Å². The fourth-order valence-corrected chi connectivity index (χ4v) is 3.40. The molecule has 7 heteroatoms. The van der Waals surface area contributed by atoms with Crippen molar-refractivity contribution in [2.45, 2.75) is 37.1 Å². The summed E-state index contributed by atoms with van der Waals surface area (Å²) >= 11 is 0. The van der Waals surface area contributed by atoms with Gasteiger partial charge in [0.1, 0.15) is 4.90 Å². The molecule has 1 unspecified atom stereocenters. The van der Waals surface area contributed by atoms with Crippen molar-refractivity contribution in [1.29, 1.82) is 0 Å². The molecule has 0 radical (unpaired) electrons. The molecule has 1 atom stereocenters. The molecule has 0 saturated heterocycles. The quantitative estimate of drug-likeness (QED) is 0.731. The maximum atomic E-state index is 12.3. The summed E-state index contributed by atoms with van der Waals surface area (Å²) in [5.74, 6) is -0.195. The second kappa shape index (κ2) is 5.75. The Bertz CT molecular complexity index is 637. The van der Waals surface area contributed by atoms with E-state index in [0.717, 1.165) is 12.8 Å². The van der Waals surface area contributed by atoms with Gasteiger partial charge in [0, 0.05) is 6.54 Å². The smallest absolute Gasteiger partial charge is 0.244 e. The highest BCUT2D eigenvalue weighted by Crippen LogP contribution is 2.38. The zero-order valence-corrected chi connectivity index (χ0v) is 13.0. The third kappa shape index (κ3) is 3.42. The third-order valence-electron chi connectivity index (χ3n) is 3.67. The molecule has 6 nitrogen and oxygen atoms in total. The molecule has 1 fully saturated rings. The van der Waals surface area contributed by atoms with Crippen LogP contribution in [0.3, 0.4) is 0 Å². The SMILES string of the molecule is CCNS(=O)(=O)c1ccccc1NC(=O)C(C)(N)C1CC1. The molecule has 1 aromatic rings. The number of carbonyl (C=O) groups is 1. The van der Waals surface area contributed by atoms with Crippen LogP contribution in [0.25, 0.3) is 0 Å². The second-order valence-corrected chi connectivity index (χ2v) is 7.24. The molecule has 0 aliphatic heterocycles. The van der Waals surface area contributed by atoms with Crippen LogP contribution in [0.4, 0.5) is 5.69 Å². The summed E-state index contributed by atoms with van der Waals surface area (Å²) in [6, 6.07) is 6.30. The van der Waals surface area contributed by atoms with E-state index in [1.54, 1.807) is 32.0 Å². The Morgan fingerprint density at radius 2 is 2.00 bits per heavy atom. The predicted octanol–water partition coefficient (Wildman–Crippen LogP) is 1.05. The molecule has 1 aliphatic rings. The van der Waals surface area contributed by atoms with E-state index in [9.17, 15) is 13.2 Å². The number of carbonyl (C=O) groups excluding carboxylic acids is 1. The van der Waals surface area contributed by atoms with E-state index in [-0.39, 0.29) is 29.0 Å². The summed E-state index contributed by atoms with van der Waals surface area (Å²) in [6.07, 6.45) is 1.86. The van der Waals surface area contributed by atoms with E-state index >= 15 is 0 Å². The molecule has 1 aromatic carbocycles. The molecule has 0 spiro atoms. The van der Waals surface area contributed by atoms with E-state index in [1.165, 1.54) is 6.07 Å². The highest BCUT2D eigenvalue weighted by molar-refractivity contribution is 7.89. The fourth-order valence-electron chi connectivity index (χ4n) is 2.20. The molecule has 0 aromatic heterocycles. The van der Waals surface area contributed by atoms with Gasteiger partial charge in [0.25, 0.3) is 0 Å². The first-order chi connectivity index (χ1) is 9.79. The van der Waals surface area contributed by atoms with Gasteiger partial charge in [0.05, 0.1) is 11.2 Å². The average molecular weight is 311 g/mol. The average Bonchev–Trinajstić information content (AvgIpc) is 3.23. The molecule has 2 rings (SSSR count). The summed E-state index contributed by atoms with van der Waals surface area (Å²) in [5, 5.41) is 2.65. The number of para-hydroxylation sites is 1. The summed E-state index contributed by atoms with van der Waals surface area (Å²) in [7, 11) is -3.64. The van der Waals surface area contributed by atoms with E-state index in [4.69, 9.17) is 5.73 Å². The van der Waals surface area contributed by atoms with Crippen LogP contribution in [-0.4, -0.2) is 26.4 Å². The number of benzene rings is 1. The summed E-state index contributed by atoms with van der Waals surface area (Å²) in [6.45, 7) is 3.66. The molecule has 1 aliphatic carbocycles. The van der Waals surface area contributed by atoms with Crippen molar-refractivity contribution in [1.82, 2.24) is 4.72 Å². The van der Waals surface area contributed by atoms with Crippen LogP contribution in [0, 0.1) is 5.92 Å². The van der Waals surface area contributed by atoms with Crippen molar-refractivity contribution in [2.24, 2.45) is 11.7 Å². The first-order valence-electron chi connectivity index (χ1n) is 6.98. The normalized spacial score (nSPS) is 18.0. The molecule has 0 bridgehead atoms. The maximum absolute atomic E-state index is 12.3. The summed E-state index contributed by atoms with van der Waals surface area (Å²) < 4.78 is 26.7. The molecule has 1 amide bonds. The number of nitrogens with two attached hydrogens (primary N) is 1. The van der Waals surface area contributed by atoms with Crippen molar-refractivity contribution < 1.29 is 13.2 Å². The van der Waals surface area contributed by atoms with Gasteiger partial charge in [-0.3, -0.25) is 4.79 Å². The monoisotopic (exact) mass is 311 g/mol. The highest BCUT2D eigenvalue weighted by Gasteiger charge is 2.44. The lowest BCUT2D eigenvalue weighted by molar-refractivity contribution is -0.121. The van der Waals surface area contributed by atoms with Crippen molar-refractivity contribution in [3.05, 3.63) is 24.3 Å². The number of amides is 1.